The van der Waals surface area contributed by atoms with Crippen LogP contribution < -0.4 is 16.0 Å². The number of anilines is 1. The van der Waals surface area contributed by atoms with E-state index in [2.05, 4.69) is 0 Å². The first kappa shape index (κ1) is 10.2. The predicted molar refractivity (Wildman–Crippen MR) is 55.3 cm³/mol. The quantitative estimate of drug-likeness (QED) is 0.540. The van der Waals surface area contributed by atoms with Crippen molar-refractivity contribution < 1.29 is 13.8 Å². The maximum atomic E-state index is 12.8. The minimum Gasteiger partial charge on any atom is -0.395 e. The molecule has 0 spiro atoms. The lowest BCUT2D eigenvalue weighted by molar-refractivity contribution is -0.593. The van der Waals surface area contributed by atoms with Gasteiger partial charge in [0.25, 0.3) is 6.33 Å². The van der Waals surface area contributed by atoms with Crippen LogP contribution in [0.1, 0.15) is 0 Å². The first-order valence-corrected chi connectivity index (χ1v) is 4.52. The number of nitrogen functional groups attached to an aromatic ring is 1. The predicted octanol–water partition coefficient (Wildman–Crippen LogP) is 0.413. The molecule has 1 amide bonds. The number of carbonyl (C=O) groups excluding carboxylic acids is 1. The van der Waals surface area contributed by atoms with Gasteiger partial charge in [0.1, 0.15) is 18.2 Å². The van der Waals surface area contributed by atoms with Gasteiger partial charge in [-0.15, -0.1) is 0 Å². The molecule has 0 aliphatic carbocycles. The second-order valence-electron chi connectivity index (χ2n) is 3.27. The van der Waals surface area contributed by atoms with Crippen molar-refractivity contribution in [1.82, 2.24) is 4.57 Å². The highest BCUT2D eigenvalue weighted by molar-refractivity contribution is 5.74. The normalized spacial score (nSPS) is 10.3. The highest BCUT2D eigenvalue weighted by Gasteiger charge is 2.12. The van der Waals surface area contributed by atoms with E-state index in [4.69, 9.17) is 11.5 Å². The maximum absolute atomic E-state index is 12.8. The van der Waals surface area contributed by atoms with Gasteiger partial charge in [0.05, 0.1) is 5.69 Å². The van der Waals surface area contributed by atoms with E-state index in [0.29, 0.717) is 5.69 Å². The first-order chi connectivity index (χ1) is 7.58. The van der Waals surface area contributed by atoms with Gasteiger partial charge in [0.15, 0.2) is 5.69 Å². The van der Waals surface area contributed by atoms with Crippen LogP contribution in [0.3, 0.4) is 0 Å². The third-order valence-electron chi connectivity index (χ3n) is 2.16. The molecule has 2 aromatic rings. The summed E-state index contributed by atoms with van der Waals surface area (Å²) in [5.41, 5.74) is 11.6. The Morgan fingerprint density at radius 3 is 2.75 bits per heavy atom. The third kappa shape index (κ3) is 1.72. The van der Waals surface area contributed by atoms with Crippen LogP contribution >= 0.6 is 0 Å². The van der Waals surface area contributed by atoms with Gasteiger partial charge < -0.3 is 11.5 Å². The maximum Gasteiger partial charge on any atom is 0.410 e. The molecule has 0 aliphatic rings. The molecule has 16 heavy (non-hydrogen) atoms. The van der Waals surface area contributed by atoms with E-state index in [0.717, 1.165) is 0 Å². The number of nitrogens with two attached hydrogens (primary N) is 2. The van der Waals surface area contributed by atoms with Crippen molar-refractivity contribution >= 4 is 11.7 Å². The molecule has 0 radical (unpaired) electrons. The number of rotatable bonds is 1. The van der Waals surface area contributed by atoms with Crippen LogP contribution in [0.4, 0.5) is 14.9 Å². The van der Waals surface area contributed by atoms with Crippen molar-refractivity contribution in [2.45, 2.75) is 0 Å². The Balaban J connectivity index is 2.46. The van der Waals surface area contributed by atoms with E-state index in [1.165, 1.54) is 35.3 Å². The van der Waals surface area contributed by atoms with Crippen LogP contribution in [0.2, 0.25) is 0 Å². The van der Waals surface area contributed by atoms with Crippen LogP contribution in [0.5, 0.6) is 0 Å². The van der Waals surface area contributed by atoms with E-state index in [-0.39, 0.29) is 5.69 Å². The van der Waals surface area contributed by atoms with Gasteiger partial charge in [-0.1, -0.05) is 0 Å². The number of primary amides is 1. The van der Waals surface area contributed by atoms with Crippen LogP contribution in [0.25, 0.3) is 5.69 Å². The molecule has 0 unspecified atom stereocenters. The summed E-state index contributed by atoms with van der Waals surface area (Å²) < 4.78 is 15.6. The number of hydrogen-bond acceptors (Lipinski definition) is 2. The van der Waals surface area contributed by atoms with Crippen molar-refractivity contribution in [3.8, 4) is 5.69 Å². The molecule has 6 heteroatoms. The van der Waals surface area contributed by atoms with Gasteiger partial charge in [0, 0.05) is 6.07 Å². The number of nitrogens with zero attached hydrogens (tertiary/aromatic N) is 2. The minimum atomic E-state index is -0.598. The van der Waals surface area contributed by atoms with Gasteiger partial charge in [0.2, 0.25) is 0 Å². The molecule has 82 valence electrons. The number of amides is 1. The largest absolute Gasteiger partial charge is 0.410 e. The second-order valence-corrected chi connectivity index (χ2v) is 3.27. The molecule has 0 atom stereocenters. The Morgan fingerprint density at radius 2 is 2.19 bits per heavy atom. The molecule has 5 nitrogen and oxygen atoms in total. The summed E-state index contributed by atoms with van der Waals surface area (Å²) in [5, 5.41) is 0. The van der Waals surface area contributed by atoms with E-state index in [1.807, 2.05) is 0 Å². The zero-order valence-corrected chi connectivity index (χ0v) is 8.30. The fourth-order valence-corrected chi connectivity index (χ4v) is 1.39. The number of halogens is 1. The van der Waals surface area contributed by atoms with E-state index in [9.17, 15) is 9.18 Å². The Labute approximate surface area is 90.7 Å². The molecule has 0 saturated carbocycles. The van der Waals surface area contributed by atoms with Crippen LogP contribution in [0.15, 0.2) is 36.9 Å². The third-order valence-corrected chi connectivity index (χ3v) is 2.16. The molecule has 0 fully saturated rings. The molecule has 1 aromatic carbocycles. The Morgan fingerprint density at radius 1 is 1.44 bits per heavy atom. The summed E-state index contributed by atoms with van der Waals surface area (Å²) in [7, 11) is 0. The summed E-state index contributed by atoms with van der Waals surface area (Å²) in [6, 6.07) is 3.43. The molecular formula is C10H10FN4O+. The first-order valence-electron chi connectivity index (χ1n) is 4.52. The Kier molecular flexibility index (Phi) is 2.32. The van der Waals surface area contributed by atoms with Crippen molar-refractivity contribution in [1.29, 1.82) is 0 Å². The van der Waals surface area contributed by atoms with Crippen molar-refractivity contribution in [2.24, 2.45) is 5.73 Å². The van der Waals surface area contributed by atoms with Crippen molar-refractivity contribution in [3.63, 3.8) is 0 Å². The SMILES string of the molecule is NC(=O)n1cc[n+](-c2ccc(F)cc2N)c1. The molecule has 0 bridgehead atoms. The lowest BCUT2D eigenvalue weighted by atomic mass is 10.2. The molecule has 1 heterocycles. The summed E-state index contributed by atoms with van der Waals surface area (Å²) >= 11 is 0. The van der Waals surface area contributed by atoms with Gasteiger partial charge in [-0.25, -0.2) is 9.18 Å². The van der Waals surface area contributed by atoms with Crippen molar-refractivity contribution in [3.05, 3.63) is 42.7 Å². The van der Waals surface area contributed by atoms with E-state index in [1.54, 1.807) is 10.8 Å². The Bertz CT molecular complexity index is 550. The van der Waals surface area contributed by atoms with Gasteiger partial charge >= 0.3 is 6.03 Å². The number of hydrogen-bond donors (Lipinski definition) is 2. The molecule has 0 aliphatic heterocycles. The molecule has 0 saturated heterocycles. The lowest BCUT2D eigenvalue weighted by Crippen LogP contribution is -2.30. The molecule has 1 aromatic heterocycles. The fourth-order valence-electron chi connectivity index (χ4n) is 1.39. The van der Waals surface area contributed by atoms with Gasteiger partial charge in [-0.05, 0) is 12.1 Å². The fraction of sp³-hybridized carbons (Fsp3) is 0. The average molecular weight is 221 g/mol. The number of carbonyl (C=O) groups is 1. The highest BCUT2D eigenvalue weighted by atomic mass is 19.1. The molecule has 2 rings (SSSR count). The summed E-state index contributed by atoms with van der Waals surface area (Å²) in [6.45, 7) is 0. The van der Waals surface area contributed by atoms with E-state index >= 15 is 0 Å². The smallest absolute Gasteiger partial charge is 0.395 e. The zero-order chi connectivity index (χ0) is 11.7. The van der Waals surface area contributed by atoms with Gasteiger partial charge in [-0.3, -0.25) is 0 Å². The molecule has 4 N–H and O–H groups in total. The Hall–Kier alpha value is -2.37. The number of benzene rings is 1. The topological polar surface area (TPSA) is 77.9 Å². The molecular weight excluding hydrogens is 211 g/mol. The second kappa shape index (κ2) is 3.65. The lowest BCUT2D eigenvalue weighted by Gasteiger charge is -2.00. The number of aromatic nitrogens is 2. The number of imidazole rings is 1. The van der Waals surface area contributed by atoms with Gasteiger partial charge in [-0.2, -0.15) is 9.13 Å². The average Bonchev–Trinajstić information content (AvgIpc) is 2.66. The van der Waals surface area contributed by atoms with Crippen LogP contribution in [-0.2, 0) is 0 Å². The van der Waals surface area contributed by atoms with E-state index < -0.39 is 11.8 Å². The van der Waals surface area contributed by atoms with Crippen LogP contribution in [-0.4, -0.2) is 10.6 Å². The van der Waals surface area contributed by atoms with Crippen molar-refractivity contribution in [2.75, 3.05) is 5.73 Å². The zero-order valence-electron chi connectivity index (χ0n) is 8.30. The van der Waals surface area contributed by atoms with Crippen LogP contribution in [0, 0.1) is 5.82 Å². The monoisotopic (exact) mass is 221 g/mol. The standard InChI is InChI=1S/C10H9FN4O/c11-7-1-2-9(8(12)5-7)14-3-4-15(6-14)10(13)16/h1-6H,12H2,(H-,13,16)/p+1. The summed E-state index contributed by atoms with van der Waals surface area (Å²) in [5.74, 6) is -0.406. The highest BCUT2D eigenvalue weighted by Crippen LogP contribution is 2.12. The summed E-state index contributed by atoms with van der Waals surface area (Å²) in [6.07, 6.45) is 4.56. The minimum absolute atomic E-state index is 0.284. The summed E-state index contributed by atoms with van der Waals surface area (Å²) in [4.78, 5) is 10.9.